The number of hydrogen-bond acceptors (Lipinski definition) is 9. The number of nitrogens with one attached hydrogen (secondary N) is 1. The standard InChI is InChI=1S/C25H25N3O4S2/c1-6-31-24(29)20-16(5)21(25(30)32-7-2)34-23(20)27-12-18(11-26)22-28-19(13-33-22)17-9-8-14(3)15(4)10-17/h8-10,12-13,27H,6-7H2,1-5H3. The largest absolute Gasteiger partial charge is 0.462 e. The number of aromatic nitrogens is 1. The Morgan fingerprint density at radius 1 is 1.12 bits per heavy atom. The number of nitriles is 1. The van der Waals surface area contributed by atoms with Gasteiger partial charge in [-0.3, -0.25) is 0 Å². The van der Waals surface area contributed by atoms with Gasteiger partial charge in [-0.05, 0) is 57.4 Å². The highest BCUT2D eigenvalue weighted by Gasteiger charge is 2.26. The van der Waals surface area contributed by atoms with Crippen molar-refractivity contribution in [3.05, 3.63) is 61.9 Å². The maximum absolute atomic E-state index is 12.6. The Morgan fingerprint density at radius 2 is 1.82 bits per heavy atom. The molecule has 7 nitrogen and oxygen atoms in total. The molecule has 0 radical (unpaired) electrons. The molecular weight excluding hydrogens is 470 g/mol. The fourth-order valence-corrected chi connectivity index (χ4v) is 5.02. The predicted octanol–water partition coefficient (Wildman–Crippen LogP) is 6.13. The van der Waals surface area contributed by atoms with Crippen LogP contribution in [0.4, 0.5) is 5.00 Å². The van der Waals surface area contributed by atoms with Gasteiger partial charge < -0.3 is 14.8 Å². The zero-order chi connectivity index (χ0) is 24.8. The summed E-state index contributed by atoms with van der Waals surface area (Å²) >= 11 is 2.44. The second-order valence-corrected chi connectivity index (χ2v) is 9.23. The van der Waals surface area contributed by atoms with Crippen molar-refractivity contribution < 1.29 is 19.1 Å². The quantitative estimate of drug-likeness (QED) is 0.296. The molecule has 2 aromatic heterocycles. The number of anilines is 1. The zero-order valence-corrected chi connectivity index (χ0v) is 21.3. The molecule has 0 aliphatic heterocycles. The molecule has 0 amide bonds. The van der Waals surface area contributed by atoms with Gasteiger partial charge in [0.15, 0.2) is 0 Å². The highest BCUT2D eigenvalue weighted by atomic mass is 32.1. The summed E-state index contributed by atoms with van der Waals surface area (Å²) in [6.45, 7) is 9.62. The second-order valence-electron chi connectivity index (χ2n) is 7.35. The third-order valence-electron chi connectivity index (χ3n) is 5.09. The van der Waals surface area contributed by atoms with Crippen LogP contribution >= 0.6 is 22.7 Å². The molecule has 0 saturated heterocycles. The van der Waals surface area contributed by atoms with E-state index < -0.39 is 11.9 Å². The van der Waals surface area contributed by atoms with E-state index in [1.807, 2.05) is 24.4 Å². The van der Waals surface area contributed by atoms with Crippen LogP contribution in [0, 0.1) is 32.1 Å². The van der Waals surface area contributed by atoms with Crippen LogP contribution in [0.5, 0.6) is 0 Å². The third-order valence-corrected chi connectivity index (χ3v) is 7.17. The molecule has 1 aromatic carbocycles. The summed E-state index contributed by atoms with van der Waals surface area (Å²) in [5.41, 5.74) is 5.16. The molecule has 176 valence electrons. The molecule has 2 heterocycles. The SMILES string of the molecule is CCOC(=O)c1sc(NC=C(C#N)c2nc(-c3ccc(C)c(C)c3)cs2)c(C(=O)OCC)c1C. The van der Waals surface area contributed by atoms with Crippen LogP contribution in [0.25, 0.3) is 16.8 Å². The third kappa shape index (κ3) is 5.35. The lowest BCUT2D eigenvalue weighted by atomic mass is 10.1. The lowest BCUT2D eigenvalue weighted by Crippen LogP contribution is -2.09. The number of thiophene rings is 1. The summed E-state index contributed by atoms with van der Waals surface area (Å²) in [5.74, 6) is -1.06. The highest BCUT2D eigenvalue weighted by Crippen LogP contribution is 2.35. The predicted molar refractivity (Wildman–Crippen MR) is 135 cm³/mol. The molecule has 34 heavy (non-hydrogen) atoms. The number of nitrogens with zero attached hydrogens (tertiary/aromatic N) is 2. The van der Waals surface area contributed by atoms with Gasteiger partial charge in [-0.25, -0.2) is 14.6 Å². The van der Waals surface area contributed by atoms with Crippen molar-refractivity contribution in [3.8, 4) is 17.3 Å². The highest BCUT2D eigenvalue weighted by molar-refractivity contribution is 7.18. The summed E-state index contributed by atoms with van der Waals surface area (Å²) in [4.78, 5) is 29.8. The van der Waals surface area contributed by atoms with Crippen molar-refractivity contribution >= 4 is 45.2 Å². The smallest absolute Gasteiger partial charge is 0.348 e. The number of aryl methyl sites for hydroxylation is 2. The Balaban J connectivity index is 1.94. The monoisotopic (exact) mass is 495 g/mol. The fourth-order valence-electron chi connectivity index (χ4n) is 3.17. The molecule has 0 aliphatic carbocycles. The number of carbonyl (C=O) groups is 2. The molecular formula is C25H25N3O4S2. The summed E-state index contributed by atoms with van der Waals surface area (Å²) in [7, 11) is 0. The fraction of sp³-hybridized carbons (Fsp3) is 0.280. The molecule has 0 bridgehead atoms. The van der Waals surface area contributed by atoms with Crippen molar-refractivity contribution in [1.82, 2.24) is 4.98 Å². The molecule has 3 aromatic rings. The number of esters is 2. The van der Waals surface area contributed by atoms with Gasteiger partial charge in [0.05, 0.1) is 24.5 Å². The van der Waals surface area contributed by atoms with E-state index in [0.717, 1.165) is 22.6 Å². The van der Waals surface area contributed by atoms with E-state index in [2.05, 4.69) is 29.4 Å². The number of hydrogen-bond donors (Lipinski definition) is 1. The number of thiazole rings is 1. The Kier molecular flexibility index (Phi) is 8.21. The molecule has 9 heteroatoms. The zero-order valence-electron chi connectivity index (χ0n) is 19.6. The molecule has 1 N–H and O–H groups in total. The average Bonchev–Trinajstić information content (AvgIpc) is 3.41. The summed E-state index contributed by atoms with van der Waals surface area (Å²) in [5, 5.41) is 15.6. The van der Waals surface area contributed by atoms with Crippen LogP contribution in [0.2, 0.25) is 0 Å². The normalized spacial score (nSPS) is 11.1. The average molecular weight is 496 g/mol. The molecule has 0 atom stereocenters. The minimum atomic E-state index is -0.549. The first kappa shape index (κ1) is 25.1. The van der Waals surface area contributed by atoms with Gasteiger partial charge >= 0.3 is 11.9 Å². The van der Waals surface area contributed by atoms with Crippen LogP contribution in [0.15, 0.2) is 29.8 Å². The van der Waals surface area contributed by atoms with Gasteiger partial charge in [-0.1, -0.05) is 12.1 Å². The summed E-state index contributed by atoms with van der Waals surface area (Å²) < 4.78 is 10.3. The Morgan fingerprint density at radius 3 is 2.47 bits per heavy atom. The molecule has 0 fully saturated rings. The van der Waals surface area contributed by atoms with E-state index in [1.54, 1.807) is 20.8 Å². The van der Waals surface area contributed by atoms with E-state index >= 15 is 0 Å². The molecule has 0 spiro atoms. The Labute approximate surface area is 206 Å². The van der Waals surface area contributed by atoms with Crippen molar-refractivity contribution in [2.75, 3.05) is 18.5 Å². The van der Waals surface area contributed by atoms with Gasteiger partial charge in [0, 0.05) is 17.1 Å². The number of ether oxygens (including phenoxy) is 2. The molecule has 0 aliphatic rings. The van der Waals surface area contributed by atoms with E-state index in [4.69, 9.17) is 9.47 Å². The van der Waals surface area contributed by atoms with Crippen LogP contribution in [-0.4, -0.2) is 30.1 Å². The van der Waals surface area contributed by atoms with E-state index in [1.165, 1.54) is 28.7 Å². The minimum absolute atomic E-state index is 0.196. The number of benzene rings is 1. The maximum atomic E-state index is 12.6. The number of carbonyl (C=O) groups excluding carboxylic acids is 2. The molecule has 3 rings (SSSR count). The maximum Gasteiger partial charge on any atom is 0.348 e. The van der Waals surface area contributed by atoms with Gasteiger partial charge in [0.25, 0.3) is 0 Å². The molecule has 0 saturated carbocycles. The van der Waals surface area contributed by atoms with Crippen LogP contribution < -0.4 is 5.32 Å². The van der Waals surface area contributed by atoms with Crippen molar-refractivity contribution in [2.45, 2.75) is 34.6 Å². The van der Waals surface area contributed by atoms with E-state index in [0.29, 0.717) is 26.0 Å². The first-order chi connectivity index (χ1) is 16.3. The van der Waals surface area contributed by atoms with Crippen LogP contribution in [-0.2, 0) is 9.47 Å². The van der Waals surface area contributed by atoms with Gasteiger partial charge in [0.1, 0.15) is 26.5 Å². The first-order valence-corrected chi connectivity index (χ1v) is 12.4. The first-order valence-electron chi connectivity index (χ1n) is 10.7. The van der Waals surface area contributed by atoms with Gasteiger partial charge in [-0.2, -0.15) is 5.26 Å². The van der Waals surface area contributed by atoms with Crippen LogP contribution in [0.1, 0.15) is 55.6 Å². The topological polar surface area (TPSA) is 101 Å². The van der Waals surface area contributed by atoms with Crippen molar-refractivity contribution in [2.24, 2.45) is 0 Å². The Hall–Kier alpha value is -3.48. The summed E-state index contributed by atoms with van der Waals surface area (Å²) in [6.07, 6.45) is 1.49. The second kappa shape index (κ2) is 11.1. The number of rotatable bonds is 8. The number of allylic oxidation sites excluding steroid dienone is 1. The van der Waals surface area contributed by atoms with E-state index in [9.17, 15) is 14.9 Å². The Bertz CT molecular complexity index is 1300. The lowest BCUT2D eigenvalue weighted by molar-refractivity contribution is 0.0527. The summed E-state index contributed by atoms with van der Waals surface area (Å²) in [6, 6.07) is 8.28. The molecule has 0 unspecified atom stereocenters. The van der Waals surface area contributed by atoms with Crippen molar-refractivity contribution in [3.63, 3.8) is 0 Å². The van der Waals surface area contributed by atoms with Crippen molar-refractivity contribution in [1.29, 1.82) is 5.26 Å². The lowest BCUT2D eigenvalue weighted by Gasteiger charge is -2.05. The van der Waals surface area contributed by atoms with Gasteiger partial charge in [0.2, 0.25) is 0 Å². The van der Waals surface area contributed by atoms with E-state index in [-0.39, 0.29) is 18.8 Å². The minimum Gasteiger partial charge on any atom is -0.462 e. The van der Waals surface area contributed by atoms with Crippen LogP contribution in [0.3, 0.4) is 0 Å². The van der Waals surface area contributed by atoms with Gasteiger partial charge in [-0.15, -0.1) is 22.7 Å².